The first-order valence-corrected chi connectivity index (χ1v) is 48.0. The quantitative estimate of drug-likeness (QED) is 0.104. The smallest absolute Gasteiger partial charge is 0.850 e. The summed E-state index contributed by atoms with van der Waals surface area (Å²) in [5.41, 5.74) is 29.6. The molecule has 0 unspecified atom stereocenters. The van der Waals surface area contributed by atoms with Crippen molar-refractivity contribution in [2.75, 3.05) is 15.1 Å². The third kappa shape index (κ3) is 14.4. The zero-order chi connectivity index (χ0) is 91.3. The van der Waals surface area contributed by atoms with Crippen molar-refractivity contribution in [1.82, 2.24) is 13.7 Å². The Morgan fingerprint density at radius 3 is 1.10 bits per heavy atom. The topological polar surface area (TPSA) is 56.4 Å². The van der Waals surface area contributed by atoms with Crippen LogP contribution in [0, 0.1) is 0 Å². The van der Waals surface area contributed by atoms with Gasteiger partial charge in [-0.3, -0.25) is 0 Å². The van der Waals surface area contributed by atoms with Gasteiger partial charge < -0.3 is 33.9 Å². The van der Waals surface area contributed by atoms with Crippen LogP contribution in [0.15, 0.2) is 440 Å². The van der Waals surface area contributed by atoms with Crippen LogP contribution in [0.5, 0.6) is 0 Å². The van der Waals surface area contributed by atoms with Crippen molar-refractivity contribution in [3.05, 3.63) is 462 Å². The van der Waals surface area contributed by atoms with Crippen LogP contribution in [0.2, 0.25) is 0 Å². The summed E-state index contributed by atoms with van der Waals surface area (Å²) >= 11 is 7.42. The van der Waals surface area contributed by atoms with Gasteiger partial charge >= 0.3 is 29.6 Å². The fraction of sp³-hybridized carbons (Fsp3) is 0.0794. The van der Waals surface area contributed by atoms with Crippen molar-refractivity contribution in [3.8, 4) is 39.3 Å². The molecule has 0 atom stereocenters. The molecule has 0 radical (unpaired) electrons. The van der Waals surface area contributed by atoms with Gasteiger partial charge in [-0.15, -0.1) is 5.60 Å². The monoisotopic (exact) mass is 1890 g/mol. The van der Waals surface area contributed by atoms with E-state index >= 15 is 0 Å². The van der Waals surface area contributed by atoms with Crippen molar-refractivity contribution in [3.63, 3.8) is 0 Å². The van der Waals surface area contributed by atoms with Crippen molar-refractivity contribution in [2.45, 2.75) is 64.9 Å². The molecule has 1 N–H and O–H groups in total. The third-order valence-corrected chi connectivity index (χ3v) is 29.0. The number of nitrogens with one attached hydrogen (secondary N) is 1. The molecule has 22 aromatic carbocycles. The summed E-state index contributed by atoms with van der Waals surface area (Å²) in [6.07, 6.45) is 0. The number of anilines is 8. The molecule has 0 amide bonds. The Morgan fingerprint density at radius 2 is 0.610 bits per heavy atom. The molecule has 0 saturated heterocycles. The van der Waals surface area contributed by atoms with Gasteiger partial charge in [0.25, 0.3) is 0 Å². The number of rotatable bonds is 11. The van der Waals surface area contributed by atoms with Crippen LogP contribution in [0.1, 0.15) is 70.7 Å². The van der Waals surface area contributed by atoms with Crippen molar-refractivity contribution in [1.29, 1.82) is 0 Å². The van der Waals surface area contributed by atoms with Gasteiger partial charge in [-0.25, -0.2) is 0 Å². The fourth-order valence-electron chi connectivity index (χ4n) is 21.9. The van der Waals surface area contributed by atoms with Gasteiger partial charge in [0.2, 0.25) is 0 Å². The number of para-hydroxylation sites is 9. The average Bonchev–Trinajstić information content (AvgIpc) is 1.52. The van der Waals surface area contributed by atoms with Crippen LogP contribution in [-0.4, -0.2) is 19.3 Å². The van der Waals surface area contributed by atoms with Crippen molar-refractivity contribution >= 4 is 207 Å². The van der Waals surface area contributed by atoms with E-state index in [4.69, 9.17) is 0 Å². The Balaban J connectivity index is 0.000000142. The standard InChI is InChI=1S/C73H50N4.C25H16Br2.C24H18N2.C4H9O.Na/c1-73(2)63-46-55(74(49-19-7-3-8-20-49)53-35-41-68-61(44-53)56-27-15-17-29-65(56)76(68)51-23-11-5-12-24-51)34-39-58(63)72-60-38-31-47-33-40-67(59-37-32-48(43-64(72)73)71(60)70(47)59)75(50-21-9-4-10-22-50)54-36-42-69-62(45-54)57-28-16-18-30-66(57)77(69)52-25-13-6-14-26-52;1-25(2)19-12-15(26)6-9-16(19)24-18-8-3-13-5-10-21(27)17-7-4-14(11-20(24)25)23(18)22(13)17;1-3-9-18(10-4-1)25-19-15-16-24-22(17-19)21-13-7-8-14-23(21)26(24)20-11-5-2-6-12-20;1-4(2,3)5;/h3-46H,1-2H3;3-12H,1-2H3;1-17,25H;1-3H3;/q;;;-1;+1. The number of hydrogen-bond donors (Lipinski definition) is 1. The Bertz CT molecular complexity index is 8970. The molecule has 648 valence electrons. The SMILES string of the molecule is CC(C)(C)[O-].CC1(C)c2cc(Br)ccc2-c2c1cc1ccc3c(Br)ccc4ccc2c1c43.CC1(C)c2cc(N(c3ccccc3)c3ccc4c(c3)c3ccccc3n4-c3ccccc3)ccc2-c2c1cc1ccc3c(N(c4ccccc4)c4ccc5c(c4)c4ccccc4n5-c4ccccc4)ccc4ccc2c1c43.[Na+].c1ccc(Nc2ccc3c(c2)c2ccccc2n3-c2ccccc2)cc1. The minimum absolute atomic E-state index is 0. The Kier molecular flexibility index (Phi) is 21.4. The van der Waals surface area contributed by atoms with Crippen LogP contribution in [-0.2, 0) is 10.8 Å². The van der Waals surface area contributed by atoms with E-state index in [9.17, 15) is 5.11 Å². The number of aromatic nitrogens is 3. The second kappa shape index (κ2) is 33.9. The van der Waals surface area contributed by atoms with Crippen LogP contribution in [0.4, 0.5) is 45.5 Å². The van der Waals surface area contributed by atoms with Gasteiger partial charge in [-0.1, -0.05) is 317 Å². The van der Waals surface area contributed by atoms with Gasteiger partial charge in [0.15, 0.2) is 0 Å². The predicted octanol–water partition coefficient (Wildman–Crippen LogP) is 32.1. The average molecular weight is 1890 g/mol. The van der Waals surface area contributed by atoms with Crippen molar-refractivity contribution in [2.24, 2.45) is 0 Å². The van der Waals surface area contributed by atoms with E-state index in [1.54, 1.807) is 20.8 Å². The number of hydrogen-bond acceptors (Lipinski definition) is 4. The predicted molar refractivity (Wildman–Crippen MR) is 579 cm³/mol. The van der Waals surface area contributed by atoms with E-state index in [1.165, 1.54) is 180 Å². The zero-order valence-electron chi connectivity index (χ0n) is 76.9. The molecule has 10 heteroatoms. The molecular weight excluding hydrogens is 1800 g/mol. The molecule has 3 aromatic heterocycles. The summed E-state index contributed by atoms with van der Waals surface area (Å²) in [6.45, 7) is 14.4. The summed E-state index contributed by atoms with van der Waals surface area (Å²) in [7, 11) is 0. The molecule has 2 aliphatic carbocycles. The van der Waals surface area contributed by atoms with Gasteiger partial charge in [0.05, 0.1) is 38.8 Å². The minimum Gasteiger partial charge on any atom is -0.850 e. The molecule has 136 heavy (non-hydrogen) atoms. The Hall–Kier alpha value is -14.4. The number of halogens is 2. The molecule has 0 spiro atoms. The molecule has 0 saturated carbocycles. The van der Waals surface area contributed by atoms with E-state index < -0.39 is 5.60 Å². The van der Waals surface area contributed by atoms with E-state index in [2.05, 4.69) is 501 Å². The van der Waals surface area contributed by atoms with E-state index in [1.807, 2.05) is 18.2 Å². The first kappa shape index (κ1) is 85.8. The fourth-order valence-corrected chi connectivity index (χ4v) is 22.8. The van der Waals surface area contributed by atoms with E-state index in [0.29, 0.717) is 0 Å². The maximum absolute atomic E-state index is 10.1. The largest absolute Gasteiger partial charge is 1.00 e. The molecule has 7 nitrogen and oxygen atoms in total. The third-order valence-electron chi connectivity index (χ3n) is 27.8. The second-order valence-corrected chi connectivity index (χ2v) is 39.7. The second-order valence-electron chi connectivity index (χ2n) is 37.9. The minimum atomic E-state index is -0.750. The van der Waals surface area contributed by atoms with Crippen LogP contribution in [0.3, 0.4) is 0 Å². The van der Waals surface area contributed by atoms with Crippen LogP contribution >= 0.6 is 31.9 Å². The molecule has 3 heterocycles. The first-order chi connectivity index (χ1) is 65.8. The molecule has 0 aliphatic heterocycles. The van der Waals surface area contributed by atoms with E-state index in [0.717, 1.165) is 65.8 Å². The molecule has 25 aromatic rings. The molecule has 2 aliphatic rings. The maximum Gasteiger partial charge on any atom is 1.00 e. The van der Waals surface area contributed by atoms with Gasteiger partial charge in [0.1, 0.15) is 0 Å². The normalized spacial score (nSPS) is 12.8. The summed E-state index contributed by atoms with van der Waals surface area (Å²) in [4.78, 5) is 4.90. The molecule has 0 fully saturated rings. The van der Waals surface area contributed by atoms with Gasteiger partial charge in [0, 0.05) is 114 Å². The first-order valence-electron chi connectivity index (χ1n) is 46.4. The summed E-state index contributed by atoms with van der Waals surface area (Å²) in [5.74, 6) is 0. The Labute approximate surface area is 829 Å². The van der Waals surface area contributed by atoms with E-state index in [-0.39, 0.29) is 40.4 Å². The van der Waals surface area contributed by atoms with Crippen LogP contribution in [0.25, 0.3) is 169 Å². The Morgan fingerprint density at radius 1 is 0.265 bits per heavy atom. The summed E-state index contributed by atoms with van der Waals surface area (Å²) in [5, 5.41) is 36.7. The molecular formula is C126H93Br2N6NaO. The summed E-state index contributed by atoms with van der Waals surface area (Å²) in [6, 6.07) is 157. The number of nitrogens with zero attached hydrogens (tertiary/aromatic N) is 5. The van der Waals surface area contributed by atoms with Crippen molar-refractivity contribution < 1.29 is 34.7 Å². The van der Waals surface area contributed by atoms with Gasteiger partial charge in [-0.2, -0.15) is 0 Å². The summed E-state index contributed by atoms with van der Waals surface area (Å²) < 4.78 is 9.42. The number of benzene rings is 22. The zero-order valence-corrected chi connectivity index (χ0v) is 82.1. The van der Waals surface area contributed by atoms with Gasteiger partial charge in [-0.05, 0) is 298 Å². The maximum atomic E-state index is 10.1. The molecule has 0 bridgehead atoms. The molecule has 27 rings (SSSR count). The number of fused-ring (bicyclic) bond motifs is 17. The van der Waals surface area contributed by atoms with Crippen LogP contribution < -0.4 is 49.8 Å².